The summed E-state index contributed by atoms with van der Waals surface area (Å²) in [6.45, 7) is 11.4. The molecule has 5 heteroatoms. The minimum atomic E-state index is -0.517. The van der Waals surface area contributed by atoms with Gasteiger partial charge in [-0.1, -0.05) is 13.8 Å². The minimum Gasteiger partial charge on any atom is -0.464 e. The molecule has 0 bridgehead atoms. The zero-order chi connectivity index (χ0) is 14.3. The van der Waals surface area contributed by atoms with Crippen molar-refractivity contribution in [2.24, 2.45) is 5.92 Å². The zero-order valence-electron chi connectivity index (χ0n) is 12.2. The lowest BCUT2D eigenvalue weighted by Gasteiger charge is -2.20. The minimum absolute atomic E-state index is 0.00475. The largest absolute Gasteiger partial charge is 0.464 e. The molecule has 0 aromatic rings. The highest BCUT2D eigenvalue weighted by Gasteiger charge is 2.19. The van der Waals surface area contributed by atoms with Crippen LogP contribution in [0.25, 0.3) is 0 Å². The van der Waals surface area contributed by atoms with Crippen molar-refractivity contribution in [3.8, 4) is 0 Å². The smallest absolute Gasteiger partial charge is 0.322 e. The van der Waals surface area contributed by atoms with Gasteiger partial charge < -0.3 is 9.47 Å². The number of rotatable bonds is 6. The van der Waals surface area contributed by atoms with Gasteiger partial charge in [-0.2, -0.15) is 0 Å². The van der Waals surface area contributed by atoms with Crippen molar-refractivity contribution < 1.29 is 19.1 Å². The van der Waals surface area contributed by atoms with Crippen molar-refractivity contribution in [2.75, 3.05) is 13.2 Å². The predicted octanol–water partition coefficient (Wildman–Crippen LogP) is 1.51. The summed E-state index contributed by atoms with van der Waals surface area (Å²) in [5.41, 5.74) is -0.514. The Labute approximate surface area is 109 Å². The van der Waals surface area contributed by atoms with Gasteiger partial charge in [0.15, 0.2) is 0 Å². The molecule has 0 saturated heterocycles. The normalized spacial score (nSPS) is 13.3. The van der Waals surface area contributed by atoms with Crippen molar-refractivity contribution in [1.82, 2.24) is 5.32 Å². The van der Waals surface area contributed by atoms with E-state index in [1.807, 2.05) is 13.8 Å². The van der Waals surface area contributed by atoms with Gasteiger partial charge >= 0.3 is 11.9 Å². The van der Waals surface area contributed by atoms with Gasteiger partial charge in [-0.05, 0) is 33.6 Å². The van der Waals surface area contributed by atoms with Gasteiger partial charge in [-0.3, -0.25) is 14.9 Å². The number of hydrogen-bond donors (Lipinski definition) is 1. The van der Waals surface area contributed by atoms with Crippen molar-refractivity contribution >= 4 is 11.9 Å². The number of hydrogen-bond acceptors (Lipinski definition) is 5. The van der Waals surface area contributed by atoms with E-state index in [1.165, 1.54) is 0 Å². The first-order chi connectivity index (χ1) is 8.11. The SMILES string of the molecule is CC(C)COC(=O)[C@@H](C)NCC(=O)OC(C)(C)C. The first kappa shape index (κ1) is 16.9. The molecule has 1 N–H and O–H groups in total. The third kappa shape index (κ3) is 8.98. The van der Waals surface area contributed by atoms with E-state index in [-0.39, 0.29) is 18.5 Å². The Hall–Kier alpha value is -1.10. The van der Waals surface area contributed by atoms with Crippen molar-refractivity contribution in [3.05, 3.63) is 0 Å². The Balaban J connectivity index is 3.92. The molecule has 5 nitrogen and oxygen atoms in total. The average molecular weight is 259 g/mol. The second kappa shape index (κ2) is 7.36. The van der Waals surface area contributed by atoms with Gasteiger partial charge in [0.05, 0.1) is 13.2 Å². The molecular formula is C13H25NO4. The molecule has 0 aliphatic rings. The van der Waals surface area contributed by atoms with Crippen LogP contribution in [0.15, 0.2) is 0 Å². The molecule has 0 fully saturated rings. The number of esters is 2. The average Bonchev–Trinajstić information content (AvgIpc) is 2.19. The van der Waals surface area contributed by atoms with Crippen LogP contribution in [0.5, 0.6) is 0 Å². The summed E-state index contributed by atoms with van der Waals surface area (Å²) in [7, 11) is 0. The highest BCUT2D eigenvalue weighted by atomic mass is 16.6. The molecule has 1 atom stereocenters. The summed E-state index contributed by atoms with van der Waals surface area (Å²) < 4.78 is 10.2. The van der Waals surface area contributed by atoms with Crippen LogP contribution in [0, 0.1) is 5.92 Å². The van der Waals surface area contributed by atoms with E-state index in [0.29, 0.717) is 12.5 Å². The number of nitrogens with one attached hydrogen (secondary N) is 1. The van der Waals surface area contributed by atoms with Crippen LogP contribution in [0.1, 0.15) is 41.5 Å². The summed E-state index contributed by atoms with van der Waals surface area (Å²) in [5.74, 6) is -0.440. The second-order valence-electron chi connectivity index (χ2n) is 5.71. The maximum atomic E-state index is 11.5. The second-order valence-corrected chi connectivity index (χ2v) is 5.71. The van der Waals surface area contributed by atoms with Crippen molar-refractivity contribution in [1.29, 1.82) is 0 Å². The van der Waals surface area contributed by atoms with Gasteiger partial charge in [0, 0.05) is 0 Å². The topological polar surface area (TPSA) is 64.6 Å². The van der Waals surface area contributed by atoms with E-state index < -0.39 is 11.6 Å². The van der Waals surface area contributed by atoms with Crippen LogP contribution < -0.4 is 5.32 Å². The van der Waals surface area contributed by atoms with E-state index in [9.17, 15) is 9.59 Å². The fraction of sp³-hybridized carbons (Fsp3) is 0.846. The van der Waals surface area contributed by atoms with Gasteiger partial charge in [-0.15, -0.1) is 0 Å². The van der Waals surface area contributed by atoms with E-state index in [4.69, 9.17) is 9.47 Å². The van der Waals surface area contributed by atoms with Crippen LogP contribution >= 0.6 is 0 Å². The summed E-state index contributed by atoms with van der Waals surface area (Å²) in [6, 6.07) is -0.517. The Morgan fingerprint density at radius 2 is 1.72 bits per heavy atom. The van der Waals surface area contributed by atoms with E-state index in [2.05, 4.69) is 5.32 Å². The molecule has 0 aromatic heterocycles. The molecule has 0 heterocycles. The highest BCUT2D eigenvalue weighted by Crippen LogP contribution is 2.06. The summed E-state index contributed by atoms with van der Waals surface area (Å²) in [5, 5.41) is 2.78. The lowest BCUT2D eigenvalue weighted by atomic mass is 10.2. The predicted molar refractivity (Wildman–Crippen MR) is 69.1 cm³/mol. The molecule has 0 rings (SSSR count). The fourth-order valence-corrected chi connectivity index (χ4v) is 1.07. The van der Waals surface area contributed by atoms with Crippen LogP contribution in [0.2, 0.25) is 0 Å². The first-order valence-corrected chi connectivity index (χ1v) is 6.23. The molecule has 0 radical (unpaired) electrons. The molecule has 0 saturated carbocycles. The Morgan fingerprint density at radius 1 is 1.17 bits per heavy atom. The van der Waals surface area contributed by atoms with Gasteiger partial charge in [0.1, 0.15) is 11.6 Å². The molecule has 0 unspecified atom stereocenters. The van der Waals surface area contributed by atoms with Crippen molar-refractivity contribution in [3.63, 3.8) is 0 Å². The van der Waals surface area contributed by atoms with E-state index in [1.54, 1.807) is 27.7 Å². The zero-order valence-corrected chi connectivity index (χ0v) is 12.2. The van der Waals surface area contributed by atoms with Crippen LogP contribution in [-0.2, 0) is 19.1 Å². The summed E-state index contributed by atoms with van der Waals surface area (Å²) in [6.07, 6.45) is 0. The van der Waals surface area contributed by atoms with E-state index >= 15 is 0 Å². The van der Waals surface area contributed by atoms with Gasteiger partial charge in [0.2, 0.25) is 0 Å². The quantitative estimate of drug-likeness (QED) is 0.732. The molecule has 0 aliphatic heterocycles. The van der Waals surface area contributed by atoms with Crippen molar-refractivity contribution in [2.45, 2.75) is 53.2 Å². The molecule has 0 spiro atoms. The monoisotopic (exact) mass is 259 g/mol. The third-order valence-corrected chi connectivity index (χ3v) is 1.89. The maximum Gasteiger partial charge on any atom is 0.322 e. The Morgan fingerprint density at radius 3 is 2.17 bits per heavy atom. The van der Waals surface area contributed by atoms with Crippen LogP contribution in [0.4, 0.5) is 0 Å². The lowest BCUT2D eigenvalue weighted by molar-refractivity contribution is -0.154. The molecule has 18 heavy (non-hydrogen) atoms. The molecular weight excluding hydrogens is 234 g/mol. The third-order valence-electron chi connectivity index (χ3n) is 1.89. The lowest BCUT2D eigenvalue weighted by Crippen LogP contribution is -2.40. The van der Waals surface area contributed by atoms with E-state index in [0.717, 1.165) is 0 Å². The summed E-state index contributed by atoms with van der Waals surface area (Å²) >= 11 is 0. The number of carbonyl (C=O) groups is 2. The molecule has 0 amide bonds. The Bertz CT molecular complexity index is 281. The standard InChI is InChI=1S/C13H25NO4/c1-9(2)8-17-12(16)10(3)14-7-11(15)18-13(4,5)6/h9-10,14H,7-8H2,1-6H3/t10-/m1/s1. The highest BCUT2D eigenvalue weighted by molar-refractivity contribution is 5.77. The summed E-state index contributed by atoms with van der Waals surface area (Å²) in [4.78, 5) is 22.9. The van der Waals surface area contributed by atoms with Gasteiger partial charge in [0.25, 0.3) is 0 Å². The first-order valence-electron chi connectivity index (χ1n) is 6.23. The fourth-order valence-electron chi connectivity index (χ4n) is 1.07. The maximum absolute atomic E-state index is 11.5. The molecule has 0 aliphatic carbocycles. The number of ether oxygens (including phenoxy) is 2. The van der Waals surface area contributed by atoms with Gasteiger partial charge in [-0.25, -0.2) is 0 Å². The Kier molecular flexibility index (Phi) is 6.91. The molecule has 0 aromatic carbocycles. The van der Waals surface area contributed by atoms with Crippen LogP contribution in [-0.4, -0.2) is 36.7 Å². The molecule has 106 valence electrons. The number of carbonyl (C=O) groups excluding carboxylic acids is 2. The van der Waals surface area contributed by atoms with Crippen LogP contribution in [0.3, 0.4) is 0 Å².